The second-order valence-corrected chi connectivity index (χ2v) is 8.64. The third-order valence-electron chi connectivity index (χ3n) is 6.44. The van der Waals surface area contributed by atoms with Gasteiger partial charge in [0.15, 0.2) is 6.61 Å². The van der Waals surface area contributed by atoms with E-state index in [1.807, 2.05) is 4.90 Å². The lowest BCUT2D eigenvalue weighted by atomic mass is 9.78. The van der Waals surface area contributed by atoms with E-state index in [1.165, 1.54) is 19.3 Å². The molecule has 2 atom stereocenters. The summed E-state index contributed by atoms with van der Waals surface area (Å²) in [6, 6.07) is 5.04. The van der Waals surface area contributed by atoms with Crippen LogP contribution in [0.25, 0.3) is 0 Å². The molecule has 29 heavy (non-hydrogen) atoms. The Balaban J connectivity index is 1.39. The molecule has 0 N–H and O–H groups in total. The molecule has 156 valence electrons. The zero-order valence-corrected chi connectivity index (χ0v) is 17.3. The van der Waals surface area contributed by atoms with Crippen molar-refractivity contribution in [1.29, 1.82) is 0 Å². The van der Waals surface area contributed by atoms with E-state index in [4.69, 9.17) is 16.3 Å². The Morgan fingerprint density at radius 3 is 2.66 bits per heavy atom. The second-order valence-electron chi connectivity index (χ2n) is 8.23. The molecule has 0 spiro atoms. The summed E-state index contributed by atoms with van der Waals surface area (Å²) in [4.78, 5) is 40.8. The molecule has 1 saturated carbocycles. The van der Waals surface area contributed by atoms with Gasteiger partial charge in [-0.15, -0.1) is 0 Å². The van der Waals surface area contributed by atoms with Gasteiger partial charge in [0.25, 0.3) is 5.91 Å². The van der Waals surface area contributed by atoms with Crippen molar-refractivity contribution in [3.8, 4) is 0 Å². The average Bonchev–Trinajstić information content (AvgIpc) is 3.17. The summed E-state index contributed by atoms with van der Waals surface area (Å²) >= 11 is 6.23. The van der Waals surface area contributed by atoms with E-state index < -0.39 is 5.97 Å². The Bertz CT molecular complexity index is 810. The molecule has 0 unspecified atom stereocenters. The zero-order valence-electron chi connectivity index (χ0n) is 16.6. The molecular weight excluding hydrogens is 392 g/mol. The number of carbonyl (C=O) groups excluding carboxylic acids is 3. The highest BCUT2D eigenvalue weighted by Crippen LogP contribution is 2.35. The number of esters is 1. The zero-order chi connectivity index (χ0) is 20.4. The summed E-state index contributed by atoms with van der Waals surface area (Å²) < 4.78 is 5.33. The van der Waals surface area contributed by atoms with Gasteiger partial charge in [0.2, 0.25) is 5.91 Å². The molecule has 0 bridgehead atoms. The van der Waals surface area contributed by atoms with Crippen molar-refractivity contribution in [2.45, 2.75) is 57.4 Å². The highest BCUT2D eigenvalue weighted by molar-refractivity contribution is 6.34. The standard InChI is InChI=1S/C22H27ClN2O4/c23-17-10-9-16(13-19(17)25-12-4-8-20(25)26)22(28)29-14-21(27)24-11-3-6-15-5-1-2-7-18(15)24/h9-10,13,15,18H,1-8,11-12,14H2/t15-,18-/m1/s1. The second kappa shape index (κ2) is 8.74. The number of anilines is 1. The number of hydrogen-bond donors (Lipinski definition) is 0. The monoisotopic (exact) mass is 418 g/mol. The van der Waals surface area contributed by atoms with E-state index in [1.54, 1.807) is 23.1 Å². The van der Waals surface area contributed by atoms with Crippen LogP contribution in [0.5, 0.6) is 0 Å². The fourth-order valence-corrected chi connectivity index (χ4v) is 5.20. The largest absolute Gasteiger partial charge is 0.452 e. The molecule has 3 aliphatic rings. The maximum Gasteiger partial charge on any atom is 0.338 e. The van der Waals surface area contributed by atoms with Gasteiger partial charge in [0, 0.05) is 25.6 Å². The molecular formula is C22H27ClN2O4. The van der Waals surface area contributed by atoms with Crippen LogP contribution in [0.15, 0.2) is 18.2 Å². The molecule has 2 saturated heterocycles. The molecule has 2 heterocycles. The van der Waals surface area contributed by atoms with Gasteiger partial charge in [-0.1, -0.05) is 24.4 Å². The molecule has 2 amide bonds. The van der Waals surface area contributed by atoms with E-state index in [9.17, 15) is 14.4 Å². The lowest BCUT2D eigenvalue weighted by molar-refractivity contribution is -0.140. The van der Waals surface area contributed by atoms with Gasteiger partial charge < -0.3 is 14.5 Å². The summed E-state index contributed by atoms with van der Waals surface area (Å²) in [6.07, 6.45) is 8.12. The molecule has 1 aromatic carbocycles. The molecule has 7 heteroatoms. The highest BCUT2D eigenvalue weighted by atomic mass is 35.5. The summed E-state index contributed by atoms with van der Waals surface area (Å²) in [5.41, 5.74) is 0.821. The topological polar surface area (TPSA) is 66.9 Å². The normalized spacial score (nSPS) is 24.4. The third-order valence-corrected chi connectivity index (χ3v) is 6.76. The number of piperidine rings is 1. The summed E-state index contributed by atoms with van der Waals surface area (Å²) in [6.45, 7) is 1.09. The molecule has 6 nitrogen and oxygen atoms in total. The summed E-state index contributed by atoms with van der Waals surface area (Å²) in [5, 5.41) is 0.421. The summed E-state index contributed by atoms with van der Waals surface area (Å²) in [5.74, 6) is -0.0901. The number of benzene rings is 1. The van der Waals surface area contributed by atoms with Crippen LogP contribution in [-0.4, -0.2) is 48.4 Å². The molecule has 1 aliphatic carbocycles. The first-order valence-electron chi connectivity index (χ1n) is 10.6. The van der Waals surface area contributed by atoms with Crippen LogP contribution in [0.4, 0.5) is 5.69 Å². The number of nitrogens with zero attached hydrogens (tertiary/aromatic N) is 2. The molecule has 3 fully saturated rings. The number of halogens is 1. The number of rotatable bonds is 4. The molecule has 1 aromatic rings. The Morgan fingerprint density at radius 1 is 1.07 bits per heavy atom. The van der Waals surface area contributed by atoms with Crippen molar-refractivity contribution in [3.63, 3.8) is 0 Å². The molecule has 4 rings (SSSR count). The van der Waals surface area contributed by atoms with E-state index in [-0.39, 0.29) is 18.4 Å². The lowest BCUT2D eigenvalue weighted by Gasteiger charge is -2.44. The Kier molecular flexibility index (Phi) is 6.09. The first kappa shape index (κ1) is 20.2. The summed E-state index contributed by atoms with van der Waals surface area (Å²) in [7, 11) is 0. The van der Waals surface area contributed by atoms with Crippen molar-refractivity contribution >= 4 is 35.1 Å². The van der Waals surface area contributed by atoms with E-state index >= 15 is 0 Å². The SMILES string of the molecule is O=C(OCC(=O)N1CCC[C@H]2CCCC[C@H]21)c1ccc(Cl)c(N2CCCC2=O)c1. The predicted molar refractivity (Wildman–Crippen MR) is 110 cm³/mol. The van der Waals surface area contributed by atoms with Crippen LogP contribution in [0, 0.1) is 5.92 Å². The van der Waals surface area contributed by atoms with Gasteiger partial charge in [-0.3, -0.25) is 9.59 Å². The number of amides is 2. The van der Waals surface area contributed by atoms with Crippen LogP contribution < -0.4 is 4.90 Å². The van der Waals surface area contributed by atoms with Crippen molar-refractivity contribution < 1.29 is 19.1 Å². The first-order valence-corrected chi connectivity index (χ1v) is 11.0. The maximum atomic E-state index is 12.7. The number of fused-ring (bicyclic) bond motifs is 1. The van der Waals surface area contributed by atoms with Gasteiger partial charge in [-0.05, 0) is 56.2 Å². The minimum atomic E-state index is -0.569. The van der Waals surface area contributed by atoms with E-state index in [0.29, 0.717) is 41.2 Å². The van der Waals surface area contributed by atoms with Crippen LogP contribution in [0.3, 0.4) is 0 Å². The fraction of sp³-hybridized carbons (Fsp3) is 0.591. The van der Waals surface area contributed by atoms with Crippen molar-refractivity contribution in [2.75, 3.05) is 24.6 Å². The number of hydrogen-bond acceptors (Lipinski definition) is 4. The van der Waals surface area contributed by atoms with Gasteiger partial charge in [0.05, 0.1) is 16.3 Å². The number of ether oxygens (including phenoxy) is 1. The van der Waals surface area contributed by atoms with Gasteiger partial charge in [0.1, 0.15) is 0 Å². The minimum Gasteiger partial charge on any atom is -0.452 e. The average molecular weight is 419 g/mol. The van der Waals surface area contributed by atoms with Crippen molar-refractivity contribution in [2.24, 2.45) is 5.92 Å². The smallest absolute Gasteiger partial charge is 0.338 e. The lowest BCUT2D eigenvalue weighted by Crippen LogP contribution is -2.50. The maximum absolute atomic E-state index is 12.7. The van der Waals surface area contributed by atoms with Crippen molar-refractivity contribution in [3.05, 3.63) is 28.8 Å². The Morgan fingerprint density at radius 2 is 1.86 bits per heavy atom. The predicted octanol–water partition coefficient (Wildman–Crippen LogP) is 3.80. The molecule has 2 aliphatic heterocycles. The highest BCUT2D eigenvalue weighted by Gasteiger charge is 2.36. The van der Waals surface area contributed by atoms with Gasteiger partial charge in [-0.25, -0.2) is 4.79 Å². The van der Waals surface area contributed by atoms with Crippen molar-refractivity contribution in [1.82, 2.24) is 4.90 Å². The number of carbonyl (C=O) groups is 3. The Hall–Kier alpha value is -2.08. The van der Waals surface area contributed by atoms with Crippen LogP contribution in [-0.2, 0) is 14.3 Å². The van der Waals surface area contributed by atoms with Crippen LogP contribution in [0.2, 0.25) is 5.02 Å². The third kappa shape index (κ3) is 4.27. The quantitative estimate of drug-likeness (QED) is 0.697. The Labute approximate surface area is 176 Å². The van der Waals surface area contributed by atoms with Crippen LogP contribution >= 0.6 is 11.6 Å². The minimum absolute atomic E-state index is 0.000250. The molecule has 0 radical (unpaired) electrons. The van der Waals surface area contributed by atoms with Crippen LogP contribution in [0.1, 0.15) is 61.7 Å². The van der Waals surface area contributed by atoms with Gasteiger partial charge >= 0.3 is 5.97 Å². The fourth-order valence-electron chi connectivity index (χ4n) is 4.98. The van der Waals surface area contributed by atoms with Gasteiger partial charge in [-0.2, -0.15) is 0 Å². The first-order chi connectivity index (χ1) is 14.0. The molecule has 0 aromatic heterocycles. The number of likely N-dealkylation sites (tertiary alicyclic amines) is 1. The van der Waals surface area contributed by atoms with E-state index in [0.717, 1.165) is 32.2 Å². The van der Waals surface area contributed by atoms with E-state index in [2.05, 4.69) is 0 Å².